The van der Waals surface area contributed by atoms with E-state index >= 15 is 0 Å². The average molecular weight is 544 g/mol. The number of sulfonamides is 1. The van der Waals surface area contributed by atoms with Crippen molar-refractivity contribution in [2.75, 3.05) is 24.5 Å². The van der Waals surface area contributed by atoms with Crippen molar-refractivity contribution in [2.45, 2.75) is 31.3 Å². The summed E-state index contributed by atoms with van der Waals surface area (Å²) in [6.45, 7) is 3.37. The second kappa shape index (κ2) is 12.6. The van der Waals surface area contributed by atoms with Crippen LogP contribution in [0.3, 0.4) is 0 Å². The molecule has 0 heterocycles. The third kappa shape index (κ3) is 7.02. The Bertz CT molecular complexity index is 1300. The Morgan fingerprint density at radius 3 is 2.16 bits per heavy atom. The molecule has 0 saturated carbocycles. The van der Waals surface area contributed by atoms with Crippen LogP contribution in [0.1, 0.15) is 19.4 Å². The zero-order valence-electron chi connectivity index (χ0n) is 20.9. The summed E-state index contributed by atoms with van der Waals surface area (Å²) in [5.41, 5.74) is 1.03. The number of methoxy groups -OCH3 is 1. The molecule has 0 radical (unpaired) electrons. The van der Waals surface area contributed by atoms with Gasteiger partial charge in [0.2, 0.25) is 11.8 Å². The van der Waals surface area contributed by atoms with E-state index in [4.69, 9.17) is 16.3 Å². The third-order valence-corrected chi connectivity index (χ3v) is 7.80. The second-order valence-corrected chi connectivity index (χ2v) is 10.5. The van der Waals surface area contributed by atoms with Gasteiger partial charge in [0.25, 0.3) is 10.0 Å². The lowest BCUT2D eigenvalue weighted by molar-refractivity contribution is -0.139. The number of carbonyl (C=O) groups excluding carboxylic acids is 2. The van der Waals surface area contributed by atoms with Crippen molar-refractivity contribution in [1.82, 2.24) is 10.2 Å². The van der Waals surface area contributed by atoms with E-state index in [1.165, 1.54) is 24.1 Å². The van der Waals surface area contributed by atoms with Gasteiger partial charge in [-0.3, -0.25) is 13.9 Å². The van der Waals surface area contributed by atoms with Crippen LogP contribution in [0.2, 0.25) is 5.02 Å². The van der Waals surface area contributed by atoms with Gasteiger partial charge in [0, 0.05) is 18.1 Å². The number of hydrogen-bond acceptors (Lipinski definition) is 5. The Labute approximate surface area is 222 Å². The Hall–Kier alpha value is -3.56. The molecule has 0 spiro atoms. The molecular weight excluding hydrogens is 514 g/mol. The van der Waals surface area contributed by atoms with Gasteiger partial charge in [0.15, 0.2) is 0 Å². The van der Waals surface area contributed by atoms with Gasteiger partial charge in [-0.05, 0) is 67.9 Å². The minimum Gasteiger partial charge on any atom is -0.497 e. The van der Waals surface area contributed by atoms with E-state index in [0.717, 1.165) is 9.87 Å². The number of hydrogen-bond donors (Lipinski definition) is 1. The van der Waals surface area contributed by atoms with Gasteiger partial charge in [-0.25, -0.2) is 8.42 Å². The molecule has 1 N–H and O–H groups in total. The molecule has 10 heteroatoms. The lowest BCUT2D eigenvalue weighted by Gasteiger charge is -2.32. The maximum Gasteiger partial charge on any atom is 0.264 e. The van der Waals surface area contributed by atoms with Crippen molar-refractivity contribution in [3.05, 3.63) is 89.4 Å². The molecule has 0 aliphatic rings. The molecule has 0 saturated heterocycles. The molecular formula is C27H30ClN3O5S. The molecule has 3 rings (SSSR count). The van der Waals surface area contributed by atoms with Crippen LogP contribution < -0.4 is 14.4 Å². The van der Waals surface area contributed by atoms with Crippen LogP contribution in [0.15, 0.2) is 83.8 Å². The van der Waals surface area contributed by atoms with Crippen molar-refractivity contribution >= 4 is 39.1 Å². The summed E-state index contributed by atoms with van der Waals surface area (Å²) >= 11 is 6.00. The van der Waals surface area contributed by atoms with Crippen LogP contribution in [0.25, 0.3) is 0 Å². The van der Waals surface area contributed by atoms with E-state index in [0.29, 0.717) is 17.3 Å². The zero-order valence-corrected chi connectivity index (χ0v) is 22.5. The number of rotatable bonds is 11. The van der Waals surface area contributed by atoms with Crippen LogP contribution >= 0.6 is 11.6 Å². The van der Waals surface area contributed by atoms with E-state index in [9.17, 15) is 18.0 Å². The molecule has 1 unspecified atom stereocenters. The Morgan fingerprint density at radius 2 is 1.59 bits per heavy atom. The predicted octanol–water partition coefficient (Wildman–Crippen LogP) is 4.10. The van der Waals surface area contributed by atoms with E-state index in [2.05, 4.69) is 5.32 Å². The molecule has 3 aromatic carbocycles. The molecule has 3 aromatic rings. The Balaban J connectivity index is 2.01. The maximum absolute atomic E-state index is 13.7. The standard InChI is InChI=1S/C27H30ClN3O5S/c1-4-29-27(33)20(2)30(18-21-10-12-22(28)13-11-21)26(32)19-31(23-14-16-24(36-3)17-15-23)37(34,35)25-8-6-5-7-9-25/h5-17,20H,4,18-19H2,1-3H3,(H,29,33). The second-order valence-electron chi connectivity index (χ2n) is 8.24. The fourth-order valence-electron chi connectivity index (χ4n) is 3.69. The first kappa shape index (κ1) is 28.0. The molecule has 0 aliphatic carbocycles. The maximum atomic E-state index is 13.7. The molecule has 196 valence electrons. The SMILES string of the molecule is CCNC(=O)C(C)N(Cc1ccc(Cl)cc1)C(=O)CN(c1ccc(OC)cc1)S(=O)(=O)c1ccccc1. The number of anilines is 1. The largest absolute Gasteiger partial charge is 0.497 e. The number of amides is 2. The molecule has 0 aromatic heterocycles. The highest BCUT2D eigenvalue weighted by Crippen LogP contribution is 2.26. The third-order valence-electron chi connectivity index (χ3n) is 5.75. The molecule has 1 atom stereocenters. The zero-order chi connectivity index (χ0) is 27.0. The van der Waals surface area contributed by atoms with Gasteiger partial charge in [-0.15, -0.1) is 0 Å². The fourth-order valence-corrected chi connectivity index (χ4v) is 5.25. The highest BCUT2D eigenvalue weighted by Gasteiger charge is 2.32. The van der Waals surface area contributed by atoms with E-state index in [-0.39, 0.29) is 23.0 Å². The predicted molar refractivity (Wildman–Crippen MR) is 144 cm³/mol. The van der Waals surface area contributed by atoms with E-state index < -0.39 is 28.5 Å². The van der Waals surface area contributed by atoms with Gasteiger partial charge >= 0.3 is 0 Å². The summed E-state index contributed by atoms with van der Waals surface area (Å²) in [5, 5.41) is 3.27. The van der Waals surface area contributed by atoms with Crippen LogP contribution in [-0.4, -0.2) is 51.4 Å². The number of likely N-dealkylation sites (N-methyl/N-ethyl adjacent to an activating group) is 1. The molecule has 0 bridgehead atoms. The summed E-state index contributed by atoms with van der Waals surface area (Å²) in [5.74, 6) is -0.336. The summed E-state index contributed by atoms with van der Waals surface area (Å²) in [4.78, 5) is 27.9. The topological polar surface area (TPSA) is 96.0 Å². The minimum atomic E-state index is -4.11. The van der Waals surface area contributed by atoms with E-state index in [1.807, 2.05) is 0 Å². The normalized spacial score (nSPS) is 11.9. The Morgan fingerprint density at radius 1 is 0.973 bits per heavy atom. The summed E-state index contributed by atoms with van der Waals surface area (Å²) in [6, 6.07) is 20.3. The Kier molecular flexibility index (Phi) is 9.54. The molecule has 2 amide bonds. The number of carbonyl (C=O) groups is 2. The first-order valence-electron chi connectivity index (χ1n) is 11.7. The fraction of sp³-hybridized carbons (Fsp3) is 0.259. The molecule has 8 nitrogen and oxygen atoms in total. The van der Waals surface area contributed by atoms with Crippen LogP contribution in [-0.2, 0) is 26.2 Å². The quantitative estimate of drug-likeness (QED) is 0.393. The van der Waals surface area contributed by atoms with Crippen molar-refractivity contribution in [3.8, 4) is 5.75 Å². The number of ether oxygens (including phenoxy) is 1. The van der Waals surface area contributed by atoms with Crippen LogP contribution in [0.4, 0.5) is 5.69 Å². The van der Waals surface area contributed by atoms with Gasteiger partial charge in [-0.1, -0.05) is 41.9 Å². The number of nitrogens with one attached hydrogen (secondary N) is 1. The van der Waals surface area contributed by atoms with E-state index in [1.54, 1.807) is 80.6 Å². The average Bonchev–Trinajstić information content (AvgIpc) is 2.91. The molecule has 0 fully saturated rings. The summed E-state index contributed by atoms with van der Waals surface area (Å²) < 4.78 is 33.6. The first-order chi connectivity index (χ1) is 17.7. The number of benzene rings is 3. The summed E-state index contributed by atoms with van der Waals surface area (Å²) in [6.07, 6.45) is 0. The van der Waals surface area contributed by atoms with Crippen molar-refractivity contribution < 1.29 is 22.7 Å². The first-order valence-corrected chi connectivity index (χ1v) is 13.5. The van der Waals surface area contributed by atoms with Gasteiger partial charge in [-0.2, -0.15) is 0 Å². The monoisotopic (exact) mass is 543 g/mol. The minimum absolute atomic E-state index is 0.0413. The number of halogens is 1. The van der Waals surface area contributed by atoms with Crippen LogP contribution in [0, 0.1) is 0 Å². The van der Waals surface area contributed by atoms with Gasteiger partial charge in [0.05, 0.1) is 17.7 Å². The molecule has 0 aliphatic heterocycles. The molecule has 37 heavy (non-hydrogen) atoms. The van der Waals surface area contributed by atoms with Crippen molar-refractivity contribution in [1.29, 1.82) is 0 Å². The number of nitrogens with zero attached hydrogens (tertiary/aromatic N) is 2. The smallest absolute Gasteiger partial charge is 0.264 e. The van der Waals surface area contributed by atoms with Crippen molar-refractivity contribution in [3.63, 3.8) is 0 Å². The lowest BCUT2D eigenvalue weighted by atomic mass is 10.1. The van der Waals surface area contributed by atoms with Gasteiger partial charge < -0.3 is 15.0 Å². The lowest BCUT2D eigenvalue weighted by Crippen LogP contribution is -2.51. The highest BCUT2D eigenvalue weighted by molar-refractivity contribution is 7.92. The van der Waals surface area contributed by atoms with Crippen molar-refractivity contribution in [2.24, 2.45) is 0 Å². The summed E-state index contributed by atoms with van der Waals surface area (Å²) in [7, 11) is -2.60. The highest BCUT2D eigenvalue weighted by atomic mass is 35.5. The van der Waals surface area contributed by atoms with Crippen LogP contribution in [0.5, 0.6) is 5.75 Å². The van der Waals surface area contributed by atoms with Gasteiger partial charge in [0.1, 0.15) is 18.3 Å².